The quantitative estimate of drug-likeness (QED) is 0.342. The summed E-state index contributed by atoms with van der Waals surface area (Å²) >= 11 is 0. The summed E-state index contributed by atoms with van der Waals surface area (Å²) < 4.78 is 11.0. The summed E-state index contributed by atoms with van der Waals surface area (Å²) in [5, 5.41) is 11.2. The molecule has 1 atom stereocenters. The molecule has 2 heterocycles. The summed E-state index contributed by atoms with van der Waals surface area (Å²) in [5.74, 6) is -0.298. The first kappa shape index (κ1) is 22.1. The highest BCUT2D eigenvalue weighted by molar-refractivity contribution is 6.51. The van der Waals surface area contributed by atoms with E-state index in [1.54, 1.807) is 72.9 Å². The Bertz CT molecular complexity index is 1200. The maximum absolute atomic E-state index is 13.2. The molecule has 33 heavy (non-hydrogen) atoms. The number of methoxy groups -OCH3 is 1. The minimum absolute atomic E-state index is 0.00112. The fourth-order valence-corrected chi connectivity index (χ4v) is 3.81. The van der Waals surface area contributed by atoms with Gasteiger partial charge in [0, 0.05) is 11.8 Å². The Hall–Kier alpha value is -4.13. The van der Waals surface area contributed by atoms with Crippen LogP contribution in [0.5, 0.6) is 11.5 Å². The van der Waals surface area contributed by atoms with Crippen LogP contribution in [0.15, 0.2) is 78.5 Å². The summed E-state index contributed by atoms with van der Waals surface area (Å²) in [4.78, 5) is 31.8. The van der Waals surface area contributed by atoms with Crippen molar-refractivity contribution in [3.63, 3.8) is 0 Å². The van der Waals surface area contributed by atoms with Crippen molar-refractivity contribution in [3.8, 4) is 11.5 Å². The van der Waals surface area contributed by atoms with Gasteiger partial charge in [-0.15, -0.1) is 0 Å². The summed E-state index contributed by atoms with van der Waals surface area (Å²) in [7, 11) is 1.54. The van der Waals surface area contributed by atoms with Gasteiger partial charge >= 0.3 is 5.91 Å². The number of aliphatic hydroxyl groups excluding tert-OH is 1. The number of benzene rings is 2. The molecule has 7 nitrogen and oxygen atoms in total. The van der Waals surface area contributed by atoms with Crippen molar-refractivity contribution in [2.24, 2.45) is 0 Å². The molecule has 7 heteroatoms. The van der Waals surface area contributed by atoms with Gasteiger partial charge in [-0.05, 0) is 67.9 Å². The average Bonchev–Trinajstić information content (AvgIpc) is 3.10. The third-order valence-corrected chi connectivity index (χ3v) is 5.25. The van der Waals surface area contributed by atoms with Gasteiger partial charge in [-0.2, -0.15) is 0 Å². The molecule has 0 saturated carbocycles. The molecule has 0 bridgehead atoms. The summed E-state index contributed by atoms with van der Waals surface area (Å²) in [6.07, 6.45) is 1.55. The van der Waals surface area contributed by atoms with Gasteiger partial charge < -0.3 is 14.6 Å². The first-order valence-electron chi connectivity index (χ1n) is 10.5. The van der Waals surface area contributed by atoms with Crippen molar-refractivity contribution >= 4 is 23.3 Å². The number of anilines is 1. The number of rotatable bonds is 6. The molecule has 4 rings (SSSR count). The normalized spacial score (nSPS) is 17.5. The second kappa shape index (κ2) is 9.16. The summed E-state index contributed by atoms with van der Waals surface area (Å²) in [6, 6.07) is 18.0. The zero-order chi connectivity index (χ0) is 23.5. The molecule has 0 aliphatic carbocycles. The fraction of sp³-hybridized carbons (Fsp3) is 0.192. The van der Waals surface area contributed by atoms with E-state index in [9.17, 15) is 14.7 Å². The molecule has 3 aromatic rings. The Morgan fingerprint density at radius 3 is 2.39 bits per heavy atom. The number of aromatic nitrogens is 1. The van der Waals surface area contributed by atoms with Crippen LogP contribution in [0.3, 0.4) is 0 Å². The Morgan fingerprint density at radius 1 is 1.00 bits per heavy atom. The number of hydrogen-bond donors (Lipinski definition) is 1. The molecule has 0 unspecified atom stereocenters. The van der Waals surface area contributed by atoms with Gasteiger partial charge in [-0.3, -0.25) is 14.5 Å². The monoisotopic (exact) mass is 444 g/mol. The highest BCUT2D eigenvalue weighted by Gasteiger charge is 2.47. The number of carbonyl (C=O) groups excluding carboxylic acids is 2. The lowest BCUT2D eigenvalue weighted by Gasteiger charge is -2.24. The molecule has 0 spiro atoms. The minimum atomic E-state index is -0.874. The van der Waals surface area contributed by atoms with E-state index in [4.69, 9.17) is 9.47 Å². The van der Waals surface area contributed by atoms with Gasteiger partial charge in [0.2, 0.25) is 0 Å². The molecule has 1 aliphatic heterocycles. The summed E-state index contributed by atoms with van der Waals surface area (Å²) in [6.45, 7) is 3.84. The second-order valence-electron chi connectivity index (χ2n) is 7.82. The SMILES string of the molecule is COc1cccc([C@@H]2/C(=C(\O)c3ccc(OC(C)C)cc3)C(=O)C(=O)N2c2ccccn2)c1. The Morgan fingerprint density at radius 2 is 1.76 bits per heavy atom. The lowest BCUT2D eigenvalue weighted by atomic mass is 9.95. The first-order valence-corrected chi connectivity index (χ1v) is 10.5. The third-order valence-electron chi connectivity index (χ3n) is 5.25. The van der Waals surface area contributed by atoms with Crippen molar-refractivity contribution < 1.29 is 24.2 Å². The van der Waals surface area contributed by atoms with Gasteiger partial charge in [-0.1, -0.05) is 18.2 Å². The predicted octanol–water partition coefficient (Wildman–Crippen LogP) is 4.50. The molecule has 2 aromatic carbocycles. The van der Waals surface area contributed by atoms with E-state index in [1.165, 1.54) is 12.0 Å². The number of pyridine rings is 1. The van der Waals surface area contributed by atoms with Crippen LogP contribution in [-0.2, 0) is 9.59 Å². The molecule has 1 amide bonds. The molecule has 168 valence electrons. The largest absolute Gasteiger partial charge is 0.507 e. The smallest absolute Gasteiger partial charge is 0.301 e. The number of ether oxygens (including phenoxy) is 2. The maximum atomic E-state index is 13.2. The second-order valence-corrected chi connectivity index (χ2v) is 7.82. The highest BCUT2D eigenvalue weighted by atomic mass is 16.5. The van der Waals surface area contributed by atoms with Crippen LogP contribution in [0.4, 0.5) is 5.82 Å². The standard InChI is InChI=1S/C26H24N2O5/c1-16(2)33-19-12-10-17(11-13-19)24(29)22-23(18-7-6-8-20(15-18)32-3)28(26(31)25(22)30)21-9-4-5-14-27-21/h4-16,23,29H,1-3H3/b24-22+/t23-/m1/s1. The number of nitrogens with zero attached hydrogens (tertiary/aromatic N) is 2. The Labute approximate surface area is 191 Å². The lowest BCUT2D eigenvalue weighted by Crippen LogP contribution is -2.30. The van der Waals surface area contributed by atoms with E-state index in [2.05, 4.69) is 4.98 Å². The minimum Gasteiger partial charge on any atom is -0.507 e. The molecule has 0 radical (unpaired) electrons. The van der Waals surface area contributed by atoms with Crippen LogP contribution in [0.2, 0.25) is 0 Å². The fourth-order valence-electron chi connectivity index (χ4n) is 3.81. The van der Waals surface area contributed by atoms with Crippen molar-refractivity contribution in [2.75, 3.05) is 12.0 Å². The van der Waals surface area contributed by atoms with Crippen molar-refractivity contribution in [1.82, 2.24) is 4.98 Å². The van der Waals surface area contributed by atoms with E-state index >= 15 is 0 Å². The van der Waals surface area contributed by atoms with Crippen molar-refractivity contribution in [3.05, 3.63) is 89.6 Å². The maximum Gasteiger partial charge on any atom is 0.301 e. The van der Waals surface area contributed by atoms with E-state index in [0.29, 0.717) is 28.4 Å². The predicted molar refractivity (Wildman–Crippen MR) is 124 cm³/mol. The van der Waals surface area contributed by atoms with Crippen LogP contribution in [0, 0.1) is 0 Å². The molecular formula is C26H24N2O5. The number of ketones is 1. The number of hydrogen-bond acceptors (Lipinski definition) is 6. The van der Waals surface area contributed by atoms with Gasteiger partial charge in [-0.25, -0.2) is 4.98 Å². The van der Waals surface area contributed by atoms with E-state index in [1.807, 2.05) is 13.8 Å². The molecule has 1 aromatic heterocycles. The van der Waals surface area contributed by atoms with E-state index in [-0.39, 0.29) is 17.4 Å². The van der Waals surface area contributed by atoms with Crippen LogP contribution < -0.4 is 14.4 Å². The van der Waals surface area contributed by atoms with E-state index < -0.39 is 17.7 Å². The molecule has 1 N–H and O–H groups in total. The number of Topliss-reactive ketones (excluding diaryl/α,β-unsaturated/α-hetero) is 1. The van der Waals surface area contributed by atoms with Crippen LogP contribution in [0.1, 0.15) is 31.0 Å². The van der Waals surface area contributed by atoms with E-state index in [0.717, 1.165) is 0 Å². The average molecular weight is 444 g/mol. The Kier molecular flexibility index (Phi) is 6.13. The zero-order valence-electron chi connectivity index (χ0n) is 18.6. The Balaban J connectivity index is 1.87. The van der Waals surface area contributed by atoms with Crippen LogP contribution >= 0.6 is 0 Å². The number of carbonyl (C=O) groups is 2. The first-order chi connectivity index (χ1) is 15.9. The van der Waals surface area contributed by atoms with Gasteiger partial charge in [0.15, 0.2) is 0 Å². The number of aliphatic hydroxyl groups is 1. The lowest BCUT2D eigenvalue weighted by molar-refractivity contribution is -0.132. The van der Waals surface area contributed by atoms with Crippen molar-refractivity contribution in [1.29, 1.82) is 0 Å². The molecule has 1 fully saturated rings. The van der Waals surface area contributed by atoms with Gasteiger partial charge in [0.25, 0.3) is 5.78 Å². The van der Waals surface area contributed by atoms with Crippen LogP contribution in [0.25, 0.3) is 5.76 Å². The van der Waals surface area contributed by atoms with Gasteiger partial charge in [0.1, 0.15) is 23.1 Å². The van der Waals surface area contributed by atoms with Gasteiger partial charge in [0.05, 0.1) is 24.8 Å². The summed E-state index contributed by atoms with van der Waals surface area (Å²) in [5.41, 5.74) is 0.995. The van der Waals surface area contributed by atoms with Crippen molar-refractivity contribution in [2.45, 2.75) is 26.0 Å². The third kappa shape index (κ3) is 4.30. The molecular weight excluding hydrogens is 420 g/mol. The van der Waals surface area contributed by atoms with Crippen LogP contribution in [-0.4, -0.2) is 35.0 Å². The molecule has 1 saturated heterocycles. The topological polar surface area (TPSA) is 89.0 Å². The molecule has 1 aliphatic rings. The highest BCUT2D eigenvalue weighted by Crippen LogP contribution is 2.42. The number of amides is 1. The zero-order valence-corrected chi connectivity index (χ0v) is 18.6.